The molecule has 1 aromatic carbocycles. The maximum absolute atomic E-state index is 11.8. The van der Waals surface area contributed by atoms with Crippen molar-refractivity contribution in [3.63, 3.8) is 0 Å². The Balaban J connectivity index is 1.85. The lowest BCUT2D eigenvalue weighted by Gasteiger charge is -2.34. The number of benzene rings is 1. The third-order valence-electron chi connectivity index (χ3n) is 3.36. The predicted octanol–water partition coefficient (Wildman–Crippen LogP) is 1.95. The van der Waals surface area contributed by atoms with Crippen molar-refractivity contribution in [2.45, 2.75) is 18.9 Å². The number of amides is 2. The Morgan fingerprint density at radius 2 is 2.05 bits per heavy atom. The van der Waals surface area contributed by atoms with Crippen LogP contribution in [-0.2, 0) is 0 Å². The maximum atomic E-state index is 11.8. The van der Waals surface area contributed by atoms with E-state index in [1.807, 2.05) is 17.0 Å². The van der Waals surface area contributed by atoms with Gasteiger partial charge in [-0.1, -0.05) is 6.07 Å². The molecule has 0 unspecified atom stereocenters. The fraction of sp³-hybridized carbons (Fsp3) is 0.500. The Hall–Kier alpha value is -1.91. The van der Waals surface area contributed by atoms with E-state index in [1.165, 1.54) is 0 Å². The van der Waals surface area contributed by atoms with Crippen LogP contribution in [0.3, 0.4) is 0 Å². The molecule has 5 nitrogen and oxygen atoms in total. The summed E-state index contributed by atoms with van der Waals surface area (Å²) in [5.41, 5.74) is 0.928. The minimum absolute atomic E-state index is 0.0794. The van der Waals surface area contributed by atoms with Crippen LogP contribution >= 0.6 is 0 Å². The van der Waals surface area contributed by atoms with E-state index in [9.17, 15) is 9.90 Å². The molecule has 1 heterocycles. The summed E-state index contributed by atoms with van der Waals surface area (Å²) in [6.07, 6.45) is 1.85. The van der Waals surface area contributed by atoms with Crippen LogP contribution < -0.4 is 5.32 Å². The van der Waals surface area contributed by atoms with E-state index in [1.54, 1.807) is 31.1 Å². The van der Waals surface area contributed by atoms with E-state index < -0.39 is 0 Å². The normalized spacial score (nSPS) is 16.2. The molecule has 1 aromatic rings. The topological polar surface area (TPSA) is 55.8 Å². The molecule has 1 fully saturated rings. The Kier molecular flexibility index (Phi) is 4.14. The van der Waals surface area contributed by atoms with Crippen molar-refractivity contribution >= 4 is 11.7 Å². The largest absolute Gasteiger partial charge is 0.508 e. The molecule has 2 N–H and O–H groups in total. The second-order valence-corrected chi connectivity index (χ2v) is 5.13. The quantitative estimate of drug-likeness (QED) is 0.857. The molecule has 0 spiro atoms. The number of phenolic OH excluding ortho intramolecular Hbond substituents is 1. The monoisotopic (exact) mass is 263 g/mol. The van der Waals surface area contributed by atoms with Gasteiger partial charge < -0.3 is 20.2 Å². The number of anilines is 1. The Bertz CT molecular complexity index is 440. The summed E-state index contributed by atoms with van der Waals surface area (Å²) in [5.74, 6) is 0.269. The summed E-state index contributed by atoms with van der Waals surface area (Å²) in [6.45, 7) is 1.54. The number of piperidine rings is 1. The fourth-order valence-electron chi connectivity index (χ4n) is 2.33. The zero-order valence-electron chi connectivity index (χ0n) is 11.5. The van der Waals surface area contributed by atoms with E-state index in [-0.39, 0.29) is 11.8 Å². The van der Waals surface area contributed by atoms with Crippen molar-refractivity contribution in [3.05, 3.63) is 24.3 Å². The second kappa shape index (κ2) is 5.82. The Labute approximate surface area is 113 Å². The highest BCUT2D eigenvalue weighted by atomic mass is 16.3. The number of phenols is 1. The summed E-state index contributed by atoms with van der Waals surface area (Å²) in [6, 6.07) is 7.57. The van der Waals surface area contributed by atoms with E-state index in [2.05, 4.69) is 5.32 Å². The van der Waals surface area contributed by atoms with Gasteiger partial charge in [-0.05, 0) is 25.0 Å². The van der Waals surface area contributed by atoms with Gasteiger partial charge in [0.25, 0.3) is 0 Å². The molecule has 1 aliphatic heterocycles. The van der Waals surface area contributed by atoms with E-state index in [0.717, 1.165) is 31.6 Å². The molecule has 0 radical (unpaired) electrons. The number of nitrogens with one attached hydrogen (secondary N) is 1. The zero-order chi connectivity index (χ0) is 13.8. The Morgan fingerprint density at radius 1 is 1.37 bits per heavy atom. The molecule has 2 rings (SSSR count). The van der Waals surface area contributed by atoms with Crippen molar-refractivity contribution in [1.82, 2.24) is 9.80 Å². The van der Waals surface area contributed by atoms with Gasteiger partial charge in [0.1, 0.15) is 5.75 Å². The molecular formula is C14H21N3O2. The van der Waals surface area contributed by atoms with Gasteiger partial charge >= 0.3 is 6.03 Å². The van der Waals surface area contributed by atoms with Crippen molar-refractivity contribution in [1.29, 1.82) is 0 Å². The van der Waals surface area contributed by atoms with E-state index in [0.29, 0.717) is 6.04 Å². The van der Waals surface area contributed by atoms with Gasteiger partial charge in [0.05, 0.1) is 0 Å². The number of hydrogen-bond acceptors (Lipinski definition) is 3. The average Bonchev–Trinajstić information content (AvgIpc) is 2.39. The minimum atomic E-state index is 0.0794. The third kappa shape index (κ3) is 3.53. The van der Waals surface area contributed by atoms with Crippen LogP contribution in [-0.4, -0.2) is 54.2 Å². The minimum Gasteiger partial charge on any atom is -0.508 e. The fourth-order valence-corrected chi connectivity index (χ4v) is 2.33. The average molecular weight is 263 g/mol. The molecule has 0 saturated carbocycles. The lowest BCUT2D eigenvalue weighted by molar-refractivity contribution is 0.158. The molecule has 104 valence electrons. The summed E-state index contributed by atoms with van der Waals surface area (Å²) in [7, 11) is 3.55. The number of carbonyl (C=O) groups excluding carboxylic acids is 1. The number of urea groups is 1. The number of carbonyl (C=O) groups is 1. The van der Waals surface area contributed by atoms with Crippen LogP contribution in [0.25, 0.3) is 0 Å². The molecule has 0 aliphatic carbocycles. The van der Waals surface area contributed by atoms with Gasteiger partial charge in [-0.15, -0.1) is 0 Å². The van der Waals surface area contributed by atoms with Crippen LogP contribution in [0.4, 0.5) is 10.5 Å². The van der Waals surface area contributed by atoms with E-state index >= 15 is 0 Å². The van der Waals surface area contributed by atoms with Gasteiger partial charge in [0.2, 0.25) is 0 Å². The number of likely N-dealkylation sites (tertiary alicyclic amines) is 1. The number of hydrogen-bond donors (Lipinski definition) is 2. The smallest absolute Gasteiger partial charge is 0.319 e. The summed E-state index contributed by atoms with van der Waals surface area (Å²) >= 11 is 0. The van der Waals surface area contributed by atoms with Gasteiger partial charge in [-0.3, -0.25) is 0 Å². The van der Waals surface area contributed by atoms with Crippen molar-refractivity contribution < 1.29 is 9.90 Å². The maximum Gasteiger partial charge on any atom is 0.319 e. The van der Waals surface area contributed by atoms with Crippen molar-refractivity contribution in [2.24, 2.45) is 0 Å². The Morgan fingerprint density at radius 3 is 2.63 bits per heavy atom. The summed E-state index contributed by atoms with van der Waals surface area (Å²) in [5, 5.41) is 12.8. The lowest BCUT2D eigenvalue weighted by atomic mass is 10.0. The van der Waals surface area contributed by atoms with Crippen LogP contribution in [0, 0.1) is 0 Å². The summed E-state index contributed by atoms with van der Waals surface area (Å²) < 4.78 is 0. The van der Waals surface area contributed by atoms with E-state index in [4.69, 9.17) is 0 Å². The molecule has 0 atom stereocenters. The number of rotatable bonds is 2. The first kappa shape index (κ1) is 13.5. The zero-order valence-corrected chi connectivity index (χ0v) is 11.5. The highest BCUT2D eigenvalue weighted by molar-refractivity contribution is 5.73. The highest BCUT2D eigenvalue weighted by Crippen LogP contribution is 2.20. The van der Waals surface area contributed by atoms with Crippen LogP contribution in [0.2, 0.25) is 0 Å². The summed E-state index contributed by atoms with van der Waals surface area (Å²) in [4.78, 5) is 15.3. The third-order valence-corrected chi connectivity index (χ3v) is 3.36. The first-order valence-electron chi connectivity index (χ1n) is 6.58. The molecule has 5 heteroatoms. The molecule has 1 saturated heterocycles. The van der Waals surface area contributed by atoms with Crippen molar-refractivity contribution in [2.75, 3.05) is 32.5 Å². The molecule has 2 amide bonds. The molecule has 0 aromatic heterocycles. The van der Waals surface area contributed by atoms with Crippen LogP contribution in [0.1, 0.15) is 12.8 Å². The van der Waals surface area contributed by atoms with Gasteiger partial charge in [-0.25, -0.2) is 4.79 Å². The first-order valence-corrected chi connectivity index (χ1v) is 6.58. The number of nitrogens with zero attached hydrogens (tertiary/aromatic N) is 2. The molecule has 0 bridgehead atoms. The highest BCUT2D eigenvalue weighted by Gasteiger charge is 2.23. The van der Waals surface area contributed by atoms with Gasteiger partial charge in [0.15, 0.2) is 0 Å². The molecule has 1 aliphatic rings. The van der Waals surface area contributed by atoms with Gasteiger partial charge in [-0.2, -0.15) is 0 Å². The van der Waals surface area contributed by atoms with Crippen LogP contribution in [0.15, 0.2) is 24.3 Å². The first-order chi connectivity index (χ1) is 9.06. The number of aromatic hydroxyl groups is 1. The van der Waals surface area contributed by atoms with Crippen molar-refractivity contribution in [3.8, 4) is 5.75 Å². The van der Waals surface area contributed by atoms with Crippen LogP contribution in [0.5, 0.6) is 5.75 Å². The predicted molar refractivity (Wildman–Crippen MR) is 75.4 cm³/mol. The lowest BCUT2D eigenvalue weighted by Crippen LogP contribution is -2.46. The molecule has 19 heavy (non-hydrogen) atoms. The standard InChI is InChI=1S/C14H21N3O2/c1-16(2)14(19)17-8-6-11(7-9-17)15-12-4-3-5-13(18)10-12/h3-5,10-11,15,18H,6-9H2,1-2H3. The SMILES string of the molecule is CN(C)C(=O)N1CCC(Nc2cccc(O)c2)CC1. The molecular weight excluding hydrogens is 242 g/mol. The second-order valence-electron chi connectivity index (χ2n) is 5.13. The van der Waals surface area contributed by atoms with Gasteiger partial charge in [0, 0.05) is 45.0 Å².